The number of aliphatic hydroxyl groups is 1. The zero-order valence-electron chi connectivity index (χ0n) is 11.5. The molecule has 4 heteroatoms. The quantitative estimate of drug-likeness (QED) is 0.721. The number of piperidine rings is 1. The first-order valence-corrected chi connectivity index (χ1v) is 6.78. The molecule has 17 heavy (non-hydrogen) atoms. The van der Waals surface area contributed by atoms with Gasteiger partial charge in [0.05, 0.1) is 5.60 Å². The summed E-state index contributed by atoms with van der Waals surface area (Å²) in [5.74, 6) is 0. The molecule has 0 amide bonds. The van der Waals surface area contributed by atoms with Gasteiger partial charge in [-0.15, -0.1) is 0 Å². The minimum atomic E-state index is -0.461. The minimum absolute atomic E-state index is 0.224. The second-order valence-corrected chi connectivity index (χ2v) is 6.42. The monoisotopic (exact) mass is 241 g/mol. The van der Waals surface area contributed by atoms with Gasteiger partial charge in [-0.1, -0.05) is 0 Å². The first-order valence-electron chi connectivity index (χ1n) is 6.78. The van der Waals surface area contributed by atoms with E-state index in [9.17, 15) is 5.11 Å². The highest BCUT2D eigenvalue weighted by Crippen LogP contribution is 2.24. The van der Waals surface area contributed by atoms with Crippen molar-refractivity contribution in [3.63, 3.8) is 0 Å². The highest BCUT2D eigenvalue weighted by molar-refractivity contribution is 4.93. The summed E-state index contributed by atoms with van der Waals surface area (Å²) in [6.07, 6.45) is 1.78. The van der Waals surface area contributed by atoms with Crippen LogP contribution in [0.5, 0.6) is 0 Å². The smallest absolute Gasteiger partial charge is 0.0798 e. The predicted octanol–water partition coefficient (Wildman–Crippen LogP) is 0.127. The lowest BCUT2D eigenvalue weighted by molar-refractivity contribution is -0.0486. The molecule has 0 unspecified atom stereocenters. The summed E-state index contributed by atoms with van der Waals surface area (Å²) in [5, 5.41) is 13.9. The number of rotatable bonds is 2. The molecule has 2 N–H and O–H groups in total. The molecule has 0 aliphatic carbocycles. The zero-order valence-corrected chi connectivity index (χ0v) is 11.5. The lowest BCUT2D eigenvalue weighted by atomic mass is 9.90. The summed E-state index contributed by atoms with van der Waals surface area (Å²) in [4.78, 5) is 4.85. The maximum atomic E-state index is 10.6. The molecule has 4 nitrogen and oxygen atoms in total. The Morgan fingerprint density at radius 2 is 1.82 bits per heavy atom. The predicted molar refractivity (Wildman–Crippen MR) is 70.2 cm³/mol. The Bertz CT molecular complexity index is 261. The Hall–Kier alpha value is -0.160. The average molecular weight is 241 g/mol. The summed E-state index contributed by atoms with van der Waals surface area (Å²) in [5.41, 5.74) is -0.237. The van der Waals surface area contributed by atoms with Crippen molar-refractivity contribution in [2.45, 2.75) is 37.8 Å². The maximum Gasteiger partial charge on any atom is 0.0798 e. The number of hydrogen-bond acceptors (Lipinski definition) is 4. The summed E-state index contributed by atoms with van der Waals surface area (Å²) < 4.78 is 0. The minimum Gasteiger partial charge on any atom is -0.388 e. The Balaban J connectivity index is 1.91. The van der Waals surface area contributed by atoms with E-state index in [-0.39, 0.29) is 5.54 Å². The first-order chi connectivity index (χ1) is 7.91. The van der Waals surface area contributed by atoms with E-state index in [2.05, 4.69) is 36.0 Å². The van der Waals surface area contributed by atoms with Crippen LogP contribution in [0.1, 0.15) is 26.7 Å². The van der Waals surface area contributed by atoms with Crippen LogP contribution in [0.25, 0.3) is 0 Å². The third kappa shape index (κ3) is 3.19. The number of hydrogen-bond donors (Lipinski definition) is 2. The Kier molecular flexibility index (Phi) is 3.78. The molecule has 0 atom stereocenters. The molecule has 0 spiro atoms. The van der Waals surface area contributed by atoms with Crippen molar-refractivity contribution in [1.29, 1.82) is 0 Å². The van der Waals surface area contributed by atoms with Crippen LogP contribution in [-0.4, -0.2) is 72.4 Å². The Morgan fingerprint density at radius 3 is 2.41 bits per heavy atom. The fraction of sp³-hybridized carbons (Fsp3) is 1.00. The van der Waals surface area contributed by atoms with E-state index in [4.69, 9.17) is 0 Å². The fourth-order valence-electron chi connectivity index (χ4n) is 2.94. The number of nitrogens with one attached hydrogen (secondary N) is 1. The van der Waals surface area contributed by atoms with Gasteiger partial charge in [-0.25, -0.2) is 0 Å². The molecule has 0 saturated carbocycles. The number of β-amino-alcohol motifs (C(OH)–C–C–N with tert-alkyl or cyclic N) is 1. The third-order valence-corrected chi connectivity index (χ3v) is 4.45. The van der Waals surface area contributed by atoms with Crippen LogP contribution >= 0.6 is 0 Å². The highest BCUT2D eigenvalue weighted by atomic mass is 16.3. The van der Waals surface area contributed by atoms with E-state index in [0.29, 0.717) is 0 Å². The molecule has 0 aromatic heterocycles. The largest absolute Gasteiger partial charge is 0.388 e. The van der Waals surface area contributed by atoms with Crippen LogP contribution in [0.2, 0.25) is 0 Å². The van der Waals surface area contributed by atoms with E-state index in [0.717, 1.165) is 52.1 Å². The summed E-state index contributed by atoms with van der Waals surface area (Å²) in [6.45, 7) is 10.5. The van der Waals surface area contributed by atoms with Gasteiger partial charge in [0.2, 0.25) is 0 Å². The molecule has 0 bridgehead atoms. The van der Waals surface area contributed by atoms with Gasteiger partial charge in [0, 0.05) is 31.7 Å². The van der Waals surface area contributed by atoms with Gasteiger partial charge in [0.15, 0.2) is 0 Å². The van der Waals surface area contributed by atoms with E-state index < -0.39 is 5.60 Å². The summed E-state index contributed by atoms with van der Waals surface area (Å²) >= 11 is 0. The SMILES string of the molecule is CN1CCN(CC2(O)CCNCC2)CC1(C)C. The number of likely N-dealkylation sites (N-methyl/N-ethyl adjacent to an activating group) is 1. The molecule has 2 aliphatic rings. The van der Waals surface area contributed by atoms with Crippen LogP contribution in [-0.2, 0) is 0 Å². The van der Waals surface area contributed by atoms with Gasteiger partial charge >= 0.3 is 0 Å². The standard InChI is InChI=1S/C13H27N3O/c1-12(2)10-16(9-8-15(12)3)11-13(17)4-6-14-7-5-13/h14,17H,4-11H2,1-3H3. The first kappa shape index (κ1) is 13.3. The van der Waals surface area contributed by atoms with E-state index in [1.165, 1.54) is 0 Å². The lowest BCUT2D eigenvalue weighted by Gasteiger charge is -2.48. The summed E-state index contributed by atoms with van der Waals surface area (Å²) in [6, 6.07) is 0. The molecule has 0 aromatic rings. The van der Waals surface area contributed by atoms with Gasteiger partial charge in [-0.3, -0.25) is 9.80 Å². The molecule has 2 rings (SSSR count). The fourth-order valence-corrected chi connectivity index (χ4v) is 2.94. The van der Waals surface area contributed by atoms with E-state index in [1.807, 2.05) is 0 Å². The van der Waals surface area contributed by atoms with Crippen molar-refractivity contribution in [2.24, 2.45) is 0 Å². The van der Waals surface area contributed by atoms with Gasteiger partial charge in [-0.2, -0.15) is 0 Å². The highest BCUT2D eigenvalue weighted by Gasteiger charge is 2.36. The topological polar surface area (TPSA) is 38.7 Å². The molecular weight excluding hydrogens is 214 g/mol. The van der Waals surface area contributed by atoms with Crippen LogP contribution in [0, 0.1) is 0 Å². The molecule has 2 saturated heterocycles. The van der Waals surface area contributed by atoms with Crippen molar-refractivity contribution in [1.82, 2.24) is 15.1 Å². The zero-order chi connectivity index (χ0) is 12.5. The van der Waals surface area contributed by atoms with Gasteiger partial charge < -0.3 is 10.4 Å². The molecule has 2 heterocycles. The molecular formula is C13H27N3O. The summed E-state index contributed by atoms with van der Waals surface area (Å²) in [7, 11) is 2.19. The Morgan fingerprint density at radius 1 is 1.18 bits per heavy atom. The van der Waals surface area contributed by atoms with Gasteiger partial charge in [-0.05, 0) is 46.8 Å². The van der Waals surface area contributed by atoms with Crippen molar-refractivity contribution in [3.8, 4) is 0 Å². The molecule has 2 aliphatic heterocycles. The molecule has 0 radical (unpaired) electrons. The van der Waals surface area contributed by atoms with Gasteiger partial charge in [0.25, 0.3) is 0 Å². The Labute approximate surface area is 105 Å². The van der Waals surface area contributed by atoms with E-state index in [1.54, 1.807) is 0 Å². The normalized spacial score (nSPS) is 30.4. The van der Waals surface area contributed by atoms with Crippen molar-refractivity contribution < 1.29 is 5.11 Å². The van der Waals surface area contributed by atoms with Crippen LogP contribution in [0.15, 0.2) is 0 Å². The second-order valence-electron chi connectivity index (χ2n) is 6.42. The average Bonchev–Trinajstić information content (AvgIpc) is 2.24. The third-order valence-electron chi connectivity index (χ3n) is 4.45. The second kappa shape index (κ2) is 4.84. The van der Waals surface area contributed by atoms with E-state index >= 15 is 0 Å². The lowest BCUT2D eigenvalue weighted by Crippen LogP contribution is -2.61. The number of nitrogens with zero attached hydrogens (tertiary/aromatic N) is 2. The van der Waals surface area contributed by atoms with Crippen LogP contribution in [0.4, 0.5) is 0 Å². The van der Waals surface area contributed by atoms with Crippen molar-refractivity contribution in [3.05, 3.63) is 0 Å². The molecule has 0 aromatic carbocycles. The number of piperazine rings is 1. The maximum absolute atomic E-state index is 10.6. The molecule has 100 valence electrons. The van der Waals surface area contributed by atoms with Crippen molar-refractivity contribution in [2.75, 3.05) is 46.3 Å². The van der Waals surface area contributed by atoms with Gasteiger partial charge in [0.1, 0.15) is 0 Å². The van der Waals surface area contributed by atoms with Crippen LogP contribution in [0.3, 0.4) is 0 Å². The van der Waals surface area contributed by atoms with Crippen LogP contribution < -0.4 is 5.32 Å². The molecule has 2 fully saturated rings. The van der Waals surface area contributed by atoms with Crippen molar-refractivity contribution >= 4 is 0 Å².